The molecule has 0 radical (unpaired) electrons. The SMILES string of the molecule is Cc1nc2c(OCc3c(F)cccc3F)cc(Cl)cn2c1C(=O)Nc1c(C(F)(F)F)n[nH]c1C. The number of ether oxygens (including phenoxy) is 1. The Morgan fingerprint density at radius 3 is 2.56 bits per heavy atom. The molecule has 0 aliphatic rings. The molecule has 0 bridgehead atoms. The quantitative estimate of drug-likeness (QED) is 0.357. The lowest BCUT2D eigenvalue weighted by Gasteiger charge is -2.11. The molecule has 0 fully saturated rings. The second-order valence-electron chi connectivity index (χ2n) is 7.27. The van der Waals surface area contributed by atoms with Crippen LogP contribution in [0.1, 0.15) is 33.1 Å². The van der Waals surface area contributed by atoms with Crippen LogP contribution in [0, 0.1) is 25.5 Å². The Hall–Kier alpha value is -3.67. The zero-order valence-corrected chi connectivity index (χ0v) is 18.3. The molecule has 0 saturated carbocycles. The minimum Gasteiger partial charge on any atom is -0.485 e. The van der Waals surface area contributed by atoms with Crippen LogP contribution in [0.25, 0.3) is 5.65 Å². The maximum atomic E-state index is 13.9. The summed E-state index contributed by atoms with van der Waals surface area (Å²) in [6.45, 7) is 2.29. The van der Waals surface area contributed by atoms with E-state index >= 15 is 0 Å². The Kier molecular flexibility index (Phi) is 5.94. The van der Waals surface area contributed by atoms with E-state index in [-0.39, 0.29) is 39.1 Å². The monoisotopic (exact) mass is 499 g/mol. The third-order valence-electron chi connectivity index (χ3n) is 4.93. The van der Waals surface area contributed by atoms with Crippen LogP contribution >= 0.6 is 11.6 Å². The molecule has 4 rings (SSSR count). The van der Waals surface area contributed by atoms with Crippen LogP contribution < -0.4 is 10.1 Å². The molecule has 0 atom stereocenters. The summed E-state index contributed by atoms with van der Waals surface area (Å²) in [6.07, 6.45) is -3.48. The number of hydrogen-bond donors (Lipinski definition) is 2. The largest absolute Gasteiger partial charge is 0.485 e. The van der Waals surface area contributed by atoms with Crippen LogP contribution in [0.5, 0.6) is 5.75 Å². The van der Waals surface area contributed by atoms with Crippen LogP contribution in [0.15, 0.2) is 30.5 Å². The number of carbonyl (C=O) groups is 1. The minimum absolute atomic E-state index is 0.00104. The van der Waals surface area contributed by atoms with Crippen molar-refractivity contribution in [2.75, 3.05) is 5.32 Å². The normalized spacial score (nSPS) is 11.8. The first kappa shape index (κ1) is 23.5. The van der Waals surface area contributed by atoms with E-state index in [4.69, 9.17) is 16.3 Å². The van der Waals surface area contributed by atoms with E-state index in [2.05, 4.69) is 20.5 Å². The number of H-pyrrole nitrogens is 1. The highest BCUT2D eigenvalue weighted by Gasteiger charge is 2.38. The van der Waals surface area contributed by atoms with Gasteiger partial charge in [-0.1, -0.05) is 17.7 Å². The van der Waals surface area contributed by atoms with Gasteiger partial charge in [-0.3, -0.25) is 14.3 Å². The van der Waals surface area contributed by atoms with Gasteiger partial charge in [0.1, 0.15) is 23.9 Å². The first-order valence-corrected chi connectivity index (χ1v) is 10.0. The summed E-state index contributed by atoms with van der Waals surface area (Å²) in [5, 5.41) is 7.71. The molecule has 34 heavy (non-hydrogen) atoms. The Labute approximate surface area is 193 Å². The maximum absolute atomic E-state index is 13.9. The number of nitrogens with one attached hydrogen (secondary N) is 2. The highest BCUT2D eigenvalue weighted by atomic mass is 35.5. The average Bonchev–Trinajstić information content (AvgIpc) is 3.26. The van der Waals surface area contributed by atoms with E-state index in [1.165, 1.54) is 36.6 Å². The number of imidazole rings is 1. The van der Waals surface area contributed by atoms with Crippen molar-refractivity contribution in [3.8, 4) is 5.75 Å². The zero-order chi connectivity index (χ0) is 24.8. The lowest BCUT2D eigenvalue weighted by molar-refractivity contribution is -0.140. The van der Waals surface area contributed by atoms with Gasteiger partial charge >= 0.3 is 6.18 Å². The molecule has 0 aliphatic carbocycles. The summed E-state index contributed by atoms with van der Waals surface area (Å²) in [7, 11) is 0. The summed E-state index contributed by atoms with van der Waals surface area (Å²) in [4.78, 5) is 17.2. The predicted molar refractivity (Wildman–Crippen MR) is 112 cm³/mol. The molecule has 13 heteroatoms. The molecule has 3 heterocycles. The molecule has 0 aliphatic heterocycles. The fourth-order valence-corrected chi connectivity index (χ4v) is 3.55. The van der Waals surface area contributed by atoms with Gasteiger partial charge in [0.15, 0.2) is 17.1 Å². The Balaban J connectivity index is 1.71. The van der Waals surface area contributed by atoms with Crippen molar-refractivity contribution in [1.29, 1.82) is 0 Å². The molecular weight excluding hydrogens is 485 g/mol. The number of halogens is 6. The van der Waals surface area contributed by atoms with Crippen LogP contribution in [0.4, 0.5) is 27.6 Å². The molecule has 4 aromatic rings. The number of nitrogens with zero attached hydrogens (tertiary/aromatic N) is 3. The summed E-state index contributed by atoms with van der Waals surface area (Å²) < 4.78 is 74.4. The average molecular weight is 500 g/mol. The number of aryl methyl sites for hydroxylation is 2. The van der Waals surface area contributed by atoms with Gasteiger partial charge in [-0.25, -0.2) is 13.8 Å². The predicted octanol–water partition coefficient (Wildman–Crippen LogP) is 5.46. The molecule has 3 aromatic heterocycles. The number of aromatic nitrogens is 4. The van der Waals surface area contributed by atoms with Crippen molar-refractivity contribution in [3.05, 3.63) is 75.5 Å². The van der Waals surface area contributed by atoms with Crippen molar-refractivity contribution in [3.63, 3.8) is 0 Å². The molecule has 178 valence electrons. The Morgan fingerprint density at radius 2 is 1.91 bits per heavy atom. The van der Waals surface area contributed by atoms with E-state index in [9.17, 15) is 26.7 Å². The number of fused-ring (bicyclic) bond motifs is 1. The van der Waals surface area contributed by atoms with Crippen molar-refractivity contribution >= 4 is 28.8 Å². The zero-order valence-electron chi connectivity index (χ0n) is 17.5. The smallest absolute Gasteiger partial charge is 0.437 e. The minimum atomic E-state index is -4.80. The van der Waals surface area contributed by atoms with Crippen molar-refractivity contribution in [1.82, 2.24) is 19.6 Å². The van der Waals surface area contributed by atoms with Gasteiger partial charge in [0.05, 0.1) is 27.7 Å². The maximum Gasteiger partial charge on any atom is 0.437 e. The number of anilines is 1. The lowest BCUT2D eigenvalue weighted by atomic mass is 10.2. The van der Waals surface area contributed by atoms with Crippen molar-refractivity contribution in [2.45, 2.75) is 26.6 Å². The van der Waals surface area contributed by atoms with E-state index in [0.717, 1.165) is 12.1 Å². The first-order chi connectivity index (χ1) is 16.0. The van der Waals surface area contributed by atoms with Gasteiger partial charge in [-0.15, -0.1) is 0 Å². The molecule has 0 spiro atoms. The van der Waals surface area contributed by atoms with Gasteiger partial charge < -0.3 is 10.1 Å². The molecule has 1 aromatic carbocycles. The van der Waals surface area contributed by atoms with Gasteiger partial charge in [0, 0.05) is 12.3 Å². The molecule has 1 amide bonds. The van der Waals surface area contributed by atoms with Crippen LogP contribution in [-0.4, -0.2) is 25.5 Å². The standard InChI is InChI=1S/C21H15ClF5N5O2/c1-9-16(18(31-30-9)21(25,26)27)29-20(33)17-10(2)28-19-15(6-11(22)7-32(17)19)34-8-12-13(23)4-3-5-14(12)24/h3-7H,8H2,1-2H3,(H,29,33)(H,30,31). The van der Waals surface area contributed by atoms with Gasteiger partial charge in [-0.05, 0) is 26.0 Å². The van der Waals surface area contributed by atoms with E-state index in [1.807, 2.05) is 0 Å². The summed E-state index contributed by atoms with van der Waals surface area (Å²) in [5.74, 6) is -2.52. The topological polar surface area (TPSA) is 84.3 Å². The van der Waals surface area contributed by atoms with E-state index < -0.39 is 41.7 Å². The van der Waals surface area contributed by atoms with Gasteiger partial charge in [0.2, 0.25) is 0 Å². The van der Waals surface area contributed by atoms with E-state index in [1.54, 1.807) is 0 Å². The molecule has 7 nitrogen and oxygen atoms in total. The van der Waals surface area contributed by atoms with Crippen LogP contribution in [0.2, 0.25) is 5.02 Å². The van der Waals surface area contributed by atoms with Crippen LogP contribution in [-0.2, 0) is 12.8 Å². The van der Waals surface area contributed by atoms with Crippen LogP contribution in [0.3, 0.4) is 0 Å². The molecule has 0 saturated heterocycles. The molecule has 2 N–H and O–H groups in total. The highest BCUT2D eigenvalue weighted by molar-refractivity contribution is 6.30. The molecule has 0 unspecified atom stereocenters. The van der Waals surface area contributed by atoms with E-state index in [0.29, 0.717) is 0 Å². The Bertz CT molecular complexity index is 1390. The summed E-state index contributed by atoms with van der Waals surface area (Å²) >= 11 is 6.13. The Morgan fingerprint density at radius 1 is 1.24 bits per heavy atom. The number of rotatable bonds is 5. The summed E-state index contributed by atoms with van der Waals surface area (Å²) in [6, 6.07) is 4.70. The number of benzene rings is 1. The highest BCUT2D eigenvalue weighted by Crippen LogP contribution is 2.35. The number of pyridine rings is 1. The van der Waals surface area contributed by atoms with Crippen molar-refractivity contribution < 1.29 is 31.5 Å². The first-order valence-electron chi connectivity index (χ1n) is 9.64. The lowest BCUT2D eigenvalue weighted by Crippen LogP contribution is -2.19. The number of aromatic amines is 1. The van der Waals surface area contributed by atoms with Gasteiger partial charge in [0.25, 0.3) is 5.91 Å². The molecular formula is C21H15ClF5N5O2. The second kappa shape index (κ2) is 8.60. The third kappa shape index (κ3) is 4.28. The summed E-state index contributed by atoms with van der Waals surface area (Å²) in [5.41, 5.74) is -2.02. The third-order valence-corrected chi connectivity index (χ3v) is 5.14. The van der Waals surface area contributed by atoms with Crippen molar-refractivity contribution in [2.24, 2.45) is 0 Å². The number of carbonyl (C=O) groups excluding carboxylic acids is 1. The second-order valence-corrected chi connectivity index (χ2v) is 7.71. The fraction of sp³-hybridized carbons (Fsp3) is 0.190. The number of amides is 1. The van der Waals surface area contributed by atoms with Gasteiger partial charge in [-0.2, -0.15) is 18.3 Å². The number of hydrogen-bond acceptors (Lipinski definition) is 4. The fourth-order valence-electron chi connectivity index (χ4n) is 3.36. The number of alkyl halides is 3.